The molecule has 0 saturated heterocycles. The summed E-state index contributed by atoms with van der Waals surface area (Å²) in [6.45, 7) is 0. The first-order valence-corrected chi connectivity index (χ1v) is 15.8. The highest BCUT2D eigenvalue weighted by Crippen LogP contribution is 2.51. The second-order valence-corrected chi connectivity index (χ2v) is 12.5. The fourth-order valence-electron chi connectivity index (χ4n) is 6.03. The van der Waals surface area contributed by atoms with E-state index in [-0.39, 0.29) is 9.79 Å². The molecule has 0 spiro atoms. The fourth-order valence-corrected chi connectivity index (χ4v) is 7.79. The average Bonchev–Trinajstić information content (AvgIpc) is 3.56. The van der Waals surface area contributed by atoms with Gasteiger partial charge in [0.05, 0.1) is 4.90 Å². The third-order valence-electron chi connectivity index (χ3n) is 7.97. The van der Waals surface area contributed by atoms with Crippen LogP contribution >= 0.6 is 0 Å². The Kier molecular flexibility index (Phi) is 6.10. The van der Waals surface area contributed by atoms with Gasteiger partial charge in [-0.1, -0.05) is 72.8 Å². The van der Waals surface area contributed by atoms with Gasteiger partial charge in [-0.3, -0.25) is 0 Å². The van der Waals surface area contributed by atoms with Gasteiger partial charge in [-0.25, -0.2) is 8.42 Å². The summed E-state index contributed by atoms with van der Waals surface area (Å²) in [7, 11) is -3.78. The van der Waals surface area contributed by atoms with Crippen LogP contribution in [-0.4, -0.2) is 8.42 Å². The van der Waals surface area contributed by atoms with Gasteiger partial charge in [-0.15, -0.1) is 0 Å². The van der Waals surface area contributed by atoms with Gasteiger partial charge >= 0.3 is 0 Å². The van der Waals surface area contributed by atoms with E-state index in [0.29, 0.717) is 22.3 Å². The number of benzene rings is 6. The van der Waals surface area contributed by atoms with E-state index < -0.39 is 9.84 Å². The number of anilines is 6. The van der Waals surface area contributed by atoms with E-state index in [9.17, 15) is 8.42 Å². The van der Waals surface area contributed by atoms with E-state index in [1.165, 1.54) is 0 Å². The largest absolute Gasteiger partial charge is 0.455 e. The van der Waals surface area contributed by atoms with Crippen molar-refractivity contribution < 1.29 is 12.8 Å². The van der Waals surface area contributed by atoms with Crippen LogP contribution in [0.1, 0.15) is 0 Å². The standard InChI is InChI=1S/C38H26N2O3S/c41-44(42)36-24-22-31(39(27-13-5-1-6-14-27)28-15-7-2-8-16-28)25-34(36)37-38(44)33-23-21-32(26-35(33)43-37)40(29-17-9-3-10-18-29)30-19-11-4-12-20-30/h1-26H. The van der Waals surface area contributed by atoms with Crippen molar-refractivity contribution >= 4 is 54.9 Å². The molecular formula is C38H26N2O3S. The predicted octanol–water partition coefficient (Wildman–Crippen LogP) is 10.2. The fraction of sp³-hybridized carbons (Fsp3) is 0. The molecule has 0 N–H and O–H groups in total. The Labute approximate surface area is 255 Å². The summed E-state index contributed by atoms with van der Waals surface area (Å²) < 4.78 is 34.4. The number of hydrogen-bond donors (Lipinski definition) is 0. The molecule has 6 aromatic carbocycles. The molecule has 0 amide bonds. The van der Waals surface area contributed by atoms with Gasteiger partial charge < -0.3 is 14.2 Å². The molecule has 0 radical (unpaired) electrons. The van der Waals surface area contributed by atoms with E-state index >= 15 is 0 Å². The molecule has 0 saturated carbocycles. The van der Waals surface area contributed by atoms with Crippen LogP contribution in [0, 0.1) is 0 Å². The SMILES string of the molecule is O=S1(=O)c2ccc(N(c3ccccc3)c3ccccc3)cc2-c2oc3cc(N(c4ccccc4)c4ccccc4)ccc3c21. The Balaban J connectivity index is 1.29. The predicted molar refractivity (Wildman–Crippen MR) is 176 cm³/mol. The van der Waals surface area contributed by atoms with Crippen molar-refractivity contribution in [2.24, 2.45) is 0 Å². The number of para-hydroxylation sites is 4. The highest BCUT2D eigenvalue weighted by molar-refractivity contribution is 7.92. The van der Waals surface area contributed by atoms with Crippen molar-refractivity contribution in [3.05, 3.63) is 158 Å². The molecule has 0 unspecified atom stereocenters. The summed E-state index contributed by atoms with van der Waals surface area (Å²) in [4.78, 5) is 4.73. The second kappa shape index (κ2) is 10.3. The zero-order valence-corrected chi connectivity index (χ0v) is 24.4. The van der Waals surface area contributed by atoms with Crippen molar-refractivity contribution in [2.75, 3.05) is 9.80 Å². The van der Waals surface area contributed by atoms with Crippen LogP contribution in [0.2, 0.25) is 0 Å². The van der Waals surface area contributed by atoms with E-state index in [1.807, 2.05) is 152 Å². The van der Waals surface area contributed by atoms with Crippen LogP contribution < -0.4 is 9.80 Å². The van der Waals surface area contributed by atoms with Crippen LogP contribution in [-0.2, 0) is 9.84 Å². The third kappa shape index (κ3) is 4.19. The number of fused-ring (bicyclic) bond motifs is 5. The lowest BCUT2D eigenvalue weighted by Gasteiger charge is -2.25. The summed E-state index contributed by atoms with van der Waals surface area (Å²) in [5.74, 6) is 0.376. The number of hydrogen-bond acceptors (Lipinski definition) is 5. The molecule has 6 heteroatoms. The number of sulfone groups is 1. The zero-order chi connectivity index (χ0) is 29.7. The Bertz CT molecular complexity index is 2150. The molecule has 2 heterocycles. The van der Waals surface area contributed by atoms with Crippen molar-refractivity contribution in [1.29, 1.82) is 0 Å². The van der Waals surface area contributed by atoms with Crippen molar-refractivity contribution in [3.8, 4) is 11.3 Å². The van der Waals surface area contributed by atoms with Crippen LogP contribution in [0.25, 0.3) is 22.3 Å². The minimum atomic E-state index is -3.78. The molecule has 8 rings (SSSR count). The molecule has 5 nitrogen and oxygen atoms in total. The van der Waals surface area contributed by atoms with E-state index in [4.69, 9.17) is 4.42 Å². The summed E-state index contributed by atoms with van der Waals surface area (Å²) in [6.07, 6.45) is 0. The summed E-state index contributed by atoms with van der Waals surface area (Å²) in [5, 5.41) is 0.575. The third-order valence-corrected chi connectivity index (χ3v) is 9.85. The molecule has 44 heavy (non-hydrogen) atoms. The lowest BCUT2D eigenvalue weighted by Crippen LogP contribution is -2.10. The van der Waals surface area contributed by atoms with E-state index in [0.717, 1.165) is 34.1 Å². The number of furan rings is 1. The van der Waals surface area contributed by atoms with Gasteiger partial charge in [-0.05, 0) is 78.9 Å². The quantitative estimate of drug-likeness (QED) is 0.193. The molecule has 1 aliphatic rings. The Morgan fingerprint density at radius 2 is 0.886 bits per heavy atom. The van der Waals surface area contributed by atoms with Crippen molar-refractivity contribution in [1.82, 2.24) is 0 Å². The normalized spacial score (nSPS) is 12.9. The first-order chi connectivity index (χ1) is 21.6. The van der Waals surface area contributed by atoms with Crippen LogP contribution in [0.3, 0.4) is 0 Å². The molecule has 0 fully saturated rings. The average molecular weight is 591 g/mol. The summed E-state index contributed by atoms with van der Waals surface area (Å²) in [6, 6.07) is 51.5. The maximum atomic E-state index is 13.9. The molecule has 0 atom stereocenters. The lowest BCUT2D eigenvalue weighted by atomic mass is 10.1. The van der Waals surface area contributed by atoms with Gasteiger partial charge in [-0.2, -0.15) is 0 Å². The van der Waals surface area contributed by atoms with Crippen LogP contribution in [0.15, 0.2) is 172 Å². The van der Waals surface area contributed by atoms with Gasteiger partial charge in [0.25, 0.3) is 0 Å². The molecule has 1 aliphatic heterocycles. The number of rotatable bonds is 6. The molecule has 212 valence electrons. The van der Waals surface area contributed by atoms with Gasteiger partial charge in [0.15, 0.2) is 5.76 Å². The van der Waals surface area contributed by atoms with E-state index in [2.05, 4.69) is 9.80 Å². The zero-order valence-electron chi connectivity index (χ0n) is 23.5. The smallest absolute Gasteiger partial charge is 0.211 e. The highest BCUT2D eigenvalue weighted by Gasteiger charge is 2.39. The van der Waals surface area contributed by atoms with Crippen LogP contribution in [0.4, 0.5) is 34.1 Å². The Hall–Kier alpha value is -5.59. The first-order valence-electron chi connectivity index (χ1n) is 14.4. The van der Waals surface area contributed by atoms with Crippen molar-refractivity contribution in [3.63, 3.8) is 0 Å². The van der Waals surface area contributed by atoms with Crippen molar-refractivity contribution in [2.45, 2.75) is 9.79 Å². The highest BCUT2D eigenvalue weighted by atomic mass is 32.2. The molecule has 0 bridgehead atoms. The minimum Gasteiger partial charge on any atom is -0.455 e. The maximum absolute atomic E-state index is 13.9. The molecule has 1 aromatic heterocycles. The summed E-state index contributed by atoms with van der Waals surface area (Å²) >= 11 is 0. The number of nitrogens with zero attached hydrogens (tertiary/aromatic N) is 2. The topological polar surface area (TPSA) is 53.8 Å². The van der Waals surface area contributed by atoms with Crippen LogP contribution in [0.5, 0.6) is 0 Å². The molecule has 0 aliphatic carbocycles. The summed E-state index contributed by atoms with van der Waals surface area (Å²) in [5.41, 5.74) is 6.70. The van der Waals surface area contributed by atoms with Gasteiger partial charge in [0.1, 0.15) is 10.5 Å². The Morgan fingerprint density at radius 1 is 0.455 bits per heavy atom. The Morgan fingerprint density at radius 3 is 1.36 bits per heavy atom. The van der Waals surface area contributed by atoms with E-state index in [1.54, 1.807) is 6.07 Å². The molecular weight excluding hydrogens is 564 g/mol. The van der Waals surface area contributed by atoms with Gasteiger partial charge in [0.2, 0.25) is 9.84 Å². The first kappa shape index (κ1) is 26.1. The maximum Gasteiger partial charge on any atom is 0.211 e. The minimum absolute atomic E-state index is 0.225. The monoisotopic (exact) mass is 590 g/mol. The van der Waals surface area contributed by atoms with Gasteiger partial charge in [0, 0.05) is 51.1 Å². The molecule has 7 aromatic rings. The lowest BCUT2D eigenvalue weighted by molar-refractivity contribution is 0.597. The second-order valence-electron chi connectivity index (χ2n) is 10.6.